The summed E-state index contributed by atoms with van der Waals surface area (Å²) in [4.78, 5) is 0. The topological polar surface area (TPSA) is 9.23 Å². The maximum absolute atomic E-state index is 5.82. The zero-order valence-corrected chi connectivity index (χ0v) is 10.2. The van der Waals surface area contributed by atoms with Gasteiger partial charge in [0.2, 0.25) is 0 Å². The van der Waals surface area contributed by atoms with Crippen LogP contribution in [0.15, 0.2) is 66.3 Å². The summed E-state index contributed by atoms with van der Waals surface area (Å²) in [6.07, 6.45) is 9.52. The van der Waals surface area contributed by atoms with Crippen LogP contribution < -0.4 is 4.74 Å². The SMILES string of the molecule is [CH]1CC=CC=C1COc1ccc2ccccc2c1. The fraction of sp³-hybridized carbons (Fsp3) is 0.118. The molecule has 3 rings (SSSR count). The van der Waals surface area contributed by atoms with Crippen LogP contribution in [0.3, 0.4) is 0 Å². The summed E-state index contributed by atoms with van der Waals surface area (Å²) in [6.45, 7) is 0.642. The predicted molar refractivity (Wildman–Crippen MR) is 75.6 cm³/mol. The van der Waals surface area contributed by atoms with Crippen molar-refractivity contribution in [3.8, 4) is 5.75 Å². The molecular formula is C17H15O. The molecule has 0 unspecified atom stereocenters. The van der Waals surface area contributed by atoms with Gasteiger partial charge in [0.05, 0.1) is 0 Å². The Morgan fingerprint density at radius 3 is 2.72 bits per heavy atom. The number of hydrogen-bond acceptors (Lipinski definition) is 1. The second-order valence-electron chi connectivity index (χ2n) is 4.41. The van der Waals surface area contributed by atoms with E-state index < -0.39 is 0 Å². The summed E-state index contributed by atoms with van der Waals surface area (Å²) in [7, 11) is 0. The molecule has 2 aromatic carbocycles. The minimum atomic E-state index is 0.642. The molecule has 0 amide bonds. The molecule has 0 spiro atoms. The highest BCUT2D eigenvalue weighted by molar-refractivity contribution is 5.83. The van der Waals surface area contributed by atoms with E-state index in [1.807, 2.05) is 12.1 Å². The molecule has 0 aliphatic heterocycles. The summed E-state index contributed by atoms with van der Waals surface area (Å²) in [5, 5.41) is 2.47. The second-order valence-corrected chi connectivity index (χ2v) is 4.41. The third-order valence-corrected chi connectivity index (χ3v) is 3.09. The molecule has 2 aromatic rings. The Bertz CT molecular complexity index is 608. The molecule has 0 atom stereocenters. The molecular weight excluding hydrogens is 220 g/mol. The molecule has 1 heteroatoms. The van der Waals surface area contributed by atoms with E-state index >= 15 is 0 Å². The minimum Gasteiger partial charge on any atom is -0.489 e. The van der Waals surface area contributed by atoms with Crippen LogP contribution in [0, 0.1) is 6.42 Å². The summed E-state index contributed by atoms with van der Waals surface area (Å²) < 4.78 is 5.82. The molecule has 18 heavy (non-hydrogen) atoms. The van der Waals surface area contributed by atoms with Gasteiger partial charge in [-0.2, -0.15) is 0 Å². The van der Waals surface area contributed by atoms with E-state index in [4.69, 9.17) is 4.74 Å². The molecule has 89 valence electrons. The van der Waals surface area contributed by atoms with E-state index in [1.165, 1.54) is 16.3 Å². The average Bonchev–Trinajstić information content (AvgIpc) is 2.46. The lowest BCUT2D eigenvalue weighted by atomic mass is 10.1. The highest BCUT2D eigenvalue weighted by Gasteiger charge is 2.02. The molecule has 0 saturated heterocycles. The van der Waals surface area contributed by atoms with Crippen molar-refractivity contribution in [2.24, 2.45) is 0 Å². The van der Waals surface area contributed by atoms with E-state index in [0.29, 0.717) is 6.61 Å². The van der Waals surface area contributed by atoms with Crippen molar-refractivity contribution < 1.29 is 4.74 Å². The fourth-order valence-corrected chi connectivity index (χ4v) is 2.09. The smallest absolute Gasteiger partial charge is 0.120 e. The highest BCUT2D eigenvalue weighted by Crippen LogP contribution is 2.21. The lowest BCUT2D eigenvalue weighted by Crippen LogP contribution is -2.03. The quantitative estimate of drug-likeness (QED) is 0.770. The number of allylic oxidation sites excluding steroid dienone is 3. The Labute approximate surface area is 107 Å². The zero-order valence-electron chi connectivity index (χ0n) is 10.2. The van der Waals surface area contributed by atoms with Crippen molar-refractivity contribution >= 4 is 10.8 Å². The first kappa shape index (κ1) is 11.1. The molecule has 0 aromatic heterocycles. The molecule has 0 bridgehead atoms. The van der Waals surface area contributed by atoms with E-state index in [0.717, 1.165) is 12.2 Å². The average molecular weight is 235 g/mol. The van der Waals surface area contributed by atoms with Gasteiger partial charge >= 0.3 is 0 Å². The van der Waals surface area contributed by atoms with Crippen molar-refractivity contribution in [1.29, 1.82) is 0 Å². The van der Waals surface area contributed by atoms with Crippen molar-refractivity contribution in [1.82, 2.24) is 0 Å². The van der Waals surface area contributed by atoms with E-state index in [-0.39, 0.29) is 0 Å². The van der Waals surface area contributed by atoms with Gasteiger partial charge in [-0.05, 0) is 41.3 Å². The zero-order chi connectivity index (χ0) is 12.2. The van der Waals surface area contributed by atoms with Crippen molar-refractivity contribution in [3.05, 3.63) is 72.7 Å². The summed E-state index contributed by atoms with van der Waals surface area (Å²) in [5.74, 6) is 0.928. The van der Waals surface area contributed by atoms with Crippen LogP contribution in [0.1, 0.15) is 6.42 Å². The largest absolute Gasteiger partial charge is 0.489 e. The Morgan fingerprint density at radius 1 is 1.00 bits per heavy atom. The van der Waals surface area contributed by atoms with Crippen molar-refractivity contribution in [2.75, 3.05) is 6.61 Å². The number of ether oxygens (including phenoxy) is 1. The first-order valence-electron chi connectivity index (χ1n) is 6.22. The monoisotopic (exact) mass is 235 g/mol. The van der Waals surface area contributed by atoms with Gasteiger partial charge < -0.3 is 4.74 Å². The van der Waals surface area contributed by atoms with Gasteiger partial charge in [-0.15, -0.1) is 0 Å². The van der Waals surface area contributed by atoms with Gasteiger partial charge in [-0.1, -0.05) is 48.6 Å². The Morgan fingerprint density at radius 2 is 1.89 bits per heavy atom. The van der Waals surface area contributed by atoms with Crippen LogP contribution in [0.4, 0.5) is 0 Å². The molecule has 1 nitrogen and oxygen atoms in total. The molecule has 0 fully saturated rings. The third-order valence-electron chi connectivity index (χ3n) is 3.09. The van der Waals surface area contributed by atoms with Gasteiger partial charge in [-0.25, -0.2) is 0 Å². The van der Waals surface area contributed by atoms with Crippen LogP contribution in [-0.2, 0) is 0 Å². The van der Waals surface area contributed by atoms with Crippen LogP contribution in [0.5, 0.6) is 5.75 Å². The van der Waals surface area contributed by atoms with Crippen LogP contribution in [0.2, 0.25) is 0 Å². The fourth-order valence-electron chi connectivity index (χ4n) is 2.09. The lowest BCUT2D eigenvalue weighted by molar-refractivity contribution is 0.353. The second kappa shape index (κ2) is 5.09. The first-order valence-corrected chi connectivity index (χ1v) is 6.22. The standard InChI is InChI=1S/C17H15O/c1-2-6-14(7-3-1)13-18-17-11-10-15-8-4-5-9-16(15)12-17/h1-2,4-12H,3,13H2. The molecule has 0 heterocycles. The van der Waals surface area contributed by atoms with E-state index in [2.05, 4.69) is 55.0 Å². The van der Waals surface area contributed by atoms with Crippen molar-refractivity contribution in [3.63, 3.8) is 0 Å². The summed E-state index contributed by atoms with van der Waals surface area (Å²) in [6, 6.07) is 14.5. The van der Waals surface area contributed by atoms with Gasteiger partial charge in [0.1, 0.15) is 12.4 Å². The third kappa shape index (κ3) is 2.45. The first-order chi connectivity index (χ1) is 8.92. The lowest BCUT2D eigenvalue weighted by Gasteiger charge is -2.11. The van der Waals surface area contributed by atoms with Crippen molar-refractivity contribution in [2.45, 2.75) is 6.42 Å². The molecule has 1 aliphatic rings. The van der Waals surface area contributed by atoms with Gasteiger partial charge in [0.15, 0.2) is 0 Å². The van der Waals surface area contributed by atoms with Gasteiger partial charge in [0.25, 0.3) is 0 Å². The Balaban J connectivity index is 1.74. The highest BCUT2D eigenvalue weighted by atomic mass is 16.5. The Hall–Kier alpha value is -2.02. The van der Waals surface area contributed by atoms with Crippen LogP contribution in [0.25, 0.3) is 10.8 Å². The number of hydrogen-bond donors (Lipinski definition) is 0. The molecule has 1 radical (unpaired) electrons. The molecule has 0 saturated carbocycles. The van der Waals surface area contributed by atoms with Gasteiger partial charge in [-0.3, -0.25) is 0 Å². The van der Waals surface area contributed by atoms with E-state index in [1.54, 1.807) is 0 Å². The predicted octanol–water partition coefficient (Wildman–Crippen LogP) is 4.31. The minimum absolute atomic E-state index is 0.642. The van der Waals surface area contributed by atoms with Crippen LogP contribution >= 0.6 is 0 Å². The van der Waals surface area contributed by atoms with Gasteiger partial charge in [0, 0.05) is 0 Å². The normalized spacial score (nSPS) is 14.6. The summed E-state index contributed by atoms with van der Waals surface area (Å²) >= 11 is 0. The maximum atomic E-state index is 5.82. The molecule has 1 aliphatic carbocycles. The number of fused-ring (bicyclic) bond motifs is 1. The maximum Gasteiger partial charge on any atom is 0.120 e. The molecule has 0 N–H and O–H groups in total. The number of rotatable bonds is 3. The Kier molecular flexibility index (Phi) is 3.14. The van der Waals surface area contributed by atoms with E-state index in [9.17, 15) is 0 Å². The number of benzene rings is 2. The van der Waals surface area contributed by atoms with Crippen LogP contribution in [-0.4, -0.2) is 6.61 Å². The summed E-state index contributed by atoms with van der Waals surface area (Å²) in [5.41, 5.74) is 1.24.